The minimum absolute atomic E-state index is 0.253. The van der Waals surface area contributed by atoms with Gasteiger partial charge >= 0.3 is 0 Å². The Labute approximate surface area is 159 Å². The van der Waals surface area contributed by atoms with E-state index in [0.717, 1.165) is 16.6 Å². The molecule has 9 nitrogen and oxygen atoms in total. The summed E-state index contributed by atoms with van der Waals surface area (Å²) in [5, 5.41) is 13.6. The Morgan fingerprint density at radius 1 is 1.30 bits per heavy atom. The quantitative estimate of drug-likeness (QED) is 0.451. The summed E-state index contributed by atoms with van der Waals surface area (Å²) in [6.45, 7) is 2.49. The molecule has 27 heavy (non-hydrogen) atoms. The van der Waals surface area contributed by atoms with Gasteiger partial charge in [0.1, 0.15) is 11.4 Å². The molecular formula is C17H19N7O2S. The van der Waals surface area contributed by atoms with E-state index in [1.54, 1.807) is 12.4 Å². The third-order valence-electron chi connectivity index (χ3n) is 4.17. The average molecular weight is 385 g/mol. The van der Waals surface area contributed by atoms with E-state index in [4.69, 9.17) is 4.74 Å². The number of benzene rings is 1. The Kier molecular flexibility index (Phi) is 5.19. The van der Waals surface area contributed by atoms with Crippen LogP contribution >= 0.6 is 11.8 Å². The predicted octanol–water partition coefficient (Wildman–Crippen LogP) is 1.80. The molecule has 3 aromatic rings. The third kappa shape index (κ3) is 4.02. The molecule has 1 aliphatic rings. The average Bonchev–Trinajstić information content (AvgIpc) is 3.16. The minimum atomic E-state index is -0.253. The van der Waals surface area contributed by atoms with Crippen LogP contribution in [0.15, 0.2) is 35.7 Å². The molecule has 0 aliphatic carbocycles. The van der Waals surface area contributed by atoms with Crippen LogP contribution in [-0.2, 0) is 4.74 Å². The number of fused-ring (bicyclic) bond motifs is 1. The van der Waals surface area contributed by atoms with Crippen molar-refractivity contribution in [1.29, 1.82) is 0 Å². The number of nitrogens with zero attached hydrogens (tertiary/aromatic N) is 4. The molecule has 0 spiro atoms. The SMILES string of the molecule is CSc1ncc(C(=O)NN2CCOCC2)c(Nc2ccc3[nH]ncc3c2)n1. The van der Waals surface area contributed by atoms with Crippen LogP contribution in [0.3, 0.4) is 0 Å². The first kappa shape index (κ1) is 17.7. The molecule has 1 amide bonds. The summed E-state index contributed by atoms with van der Waals surface area (Å²) in [5.41, 5.74) is 5.04. The lowest BCUT2D eigenvalue weighted by atomic mass is 10.2. The van der Waals surface area contributed by atoms with Crippen molar-refractivity contribution in [2.45, 2.75) is 5.16 Å². The lowest BCUT2D eigenvalue weighted by Gasteiger charge is -2.27. The summed E-state index contributed by atoms with van der Waals surface area (Å²) in [6, 6.07) is 5.78. The number of aromatic amines is 1. The van der Waals surface area contributed by atoms with Crippen molar-refractivity contribution in [3.05, 3.63) is 36.2 Å². The van der Waals surface area contributed by atoms with Gasteiger partial charge in [0.2, 0.25) is 0 Å². The molecule has 3 N–H and O–H groups in total. The molecule has 10 heteroatoms. The van der Waals surface area contributed by atoms with E-state index >= 15 is 0 Å². The van der Waals surface area contributed by atoms with Crippen LogP contribution in [0, 0.1) is 0 Å². The number of ether oxygens (including phenoxy) is 1. The van der Waals surface area contributed by atoms with Crippen molar-refractivity contribution in [3.63, 3.8) is 0 Å². The van der Waals surface area contributed by atoms with Crippen LogP contribution in [0.2, 0.25) is 0 Å². The van der Waals surface area contributed by atoms with E-state index in [1.807, 2.05) is 29.5 Å². The van der Waals surface area contributed by atoms with Crippen molar-refractivity contribution in [2.75, 3.05) is 37.9 Å². The standard InChI is InChI=1S/C17H19N7O2S/c1-27-17-18-10-13(16(25)23-24-4-6-26-7-5-24)15(21-17)20-12-2-3-14-11(8-12)9-19-22-14/h2-3,8-10H,4-7H2,1H3,(H,19,22)(H,23,25)(H,18,20,21). The Balaban J connectivity index is 1.60. The monoisotopic (exact) mass is 385 g/mol. The summed E-state index contributed by atoms with van der Waals surface area (Å²) >= 11 is 1.42. The molecule has 1 saturated heterocycles. The zero-order valence-electron chi connectivity index (χ0n) is 14.7. The smallest absolute Gasteiger partial charge is 0.270 e. The summed E-state index contributed by atoms with van der Waals surface area (Å²) in [6.07, 6.45) is 5.19. The molecule has 1 fully saturated rings. The van der Waals surface area contributed by atoms with E-state index in [-0.39, 0.29) is 5.91 Å². The van der Waals surface area contributed by atoms with Crippen molar-refractivity contribution < 1.29 is 9.53 Å². The van der Waals surface area contributed by atoms with E-state index in [2.05, 4.69) is 30.9 Å². The van der Waals surface area contributed by atoms with Crippen molar-refractivity contribution >= 4 is 40.1 Å². The zero-order chi connectivity index (χ0) is 18.6. The molecular weight excluding hydrogens is 366 g/mol. The highest BCUT2D eigenvalue weighted by atomic mass is 32.2. The van der Waals surface area contributed by atoms with Gasteiger partial charge in [-0.3, -0.25) is 15.3 Å². The fourth-order valence-corrected chi connectivity index (χ4v) is 3.10. The number of carbonyl (C=O) groups excluding carboxylic acids is 1. The van der Waals surface area contributed by atoms with Gasteiger partial charge in [-0.1, -0.05) is 11.8 Å². The molecule has 0 unspecified atom stereocenters. The van der Waals surface area contributed by atoms with Gasteiger partial charge in [0.25, 0.3) is 5.91 Å². The number of hydrazine groups is 1. The number of morpholine rings is 1. The second-order valence-corrected chi connectivity index (χ2v) is 6.73. The first-order valence-corrected chi connectivity index (χ1v) is 9.70. The number of anilines is 2. The minimum Gasteiger partial charge on any atom is -0.379 e. The highest BCUT2D eigenvalue weighted by molar-refractivity contribution is 7.98. The molecule has 0 saturated carbocycles. The first-order chi connectivity index (χ1) is 13.2. The molecule has 0 bridgehead atoms. The molecule has 4 rings (SSSR count). The molecule has 1 aromatic carbocycles. The molecule has 0 radical (unpaired) electrons. The lowest BCUT2D eigenvalue weighted by Crippen LogP contribution is -2.48. The van der Waals surface area contributed by atoms with Gasteiger partial charge < -0.3 is 10.1 Å². The molecule has 140 valence electrons. The van der Waals surface area contributed by atoms with E-state index < -0.39 is 0 Å². The summed E-state index contributed by atoms with van der Waals surface area (Å²) < 4.78 is 5.31. The lowest BCUT2D eigenvalue weighted by molar-refractivity contribution is 0.0126. The number of H-pyrrole nitrogens is 1. The van der Waals surface area contributed by atoms with Crippen LogP contribution in [0.25, 0.3) is 10.9 Å². The fourth-order valence-electron chi connectivity index (χ4n) is 2.76. The number of aromatic nitrogens is 4. The number of carbonyl (C=O) groups is 1. The summed E-state index contributed by atoms with van der Waals surface area (Å²) in [7, 11) is 0. The maximum Gasteiger partial charge on any atom is 0.270 e. The van der Waals surface area contributed by atoms with E-state index in [9.17, 15) is 4.79 Å². The van der Waals surface area contributed by atoms with Gasteiger partial charge in [-0.25, -0.2) is 15.0 Å². The zero-order valence-corrected chi connectivity index (χ0v) is 15.5. The second-order valence-electron chi connectivity index (χ2n) is 5.96. The van der Waals surface area contributed by atoms with Gasteiger partial charge in [-0.15, -0.1) is 0 Å². The number of rotatable bonds is 5. The normalized spacial score (nSPS) is 15.0. The maximum atomic E-state index is 12.8. The van der Waals surface area contributed by atoms with Crippen LogP contribution in [0.1, 0.15) is 10.4 Å². The summed E-state index contributed by atoms with van der Waals surface area (Å²) in [4.78, 5) is 21.5. The Bertz CT molecular complexity index is 955. The largest absolute Gasteiger partial charge is 0.379 e. The van der Waals surface area contributed by atoms with Crippen LogP contribution in [0.4, 0.5) is 11.5 Å². The van der Waals surface area contributed by atoms with Gasteiger partial charge in [0.15, 0.2) is 5.16 Å². The number of hydrogen-bond acceptors (Lipinski definition) is 8. The predicted molar refractivity (Wildman–Crippen MR) is 103 cm³/mol. The Morgan fingerprint density at radius 3 is 2.96 bits per heavy atom. The maximum absolute atomic E-state index is 12.8. The van der Waals surface area contributed by atoms with Gasteiger partial charge in [0.05, 0.1) is 24.9 Å². The van der Waals surface area contributed by atoms with E-state index in [0.29, 0.717) is 42.8 Å². The Hall–Kier alpha value is -2.69. The number of amides is 1. The van der Waals surface area contributed by atoms with Crippen LogP contribution in [-0.4, -0.2) is 63.6 Å². The van der Waals surface area contributed by atoms with Gasteiger partial charge in [0, 0.05) is 30.4 Å². The van der Waals surface area contributed by atoms with Gasteiger partial charge in [-0.2, -0.15) is 5.10 Å². The van der Waals surface area contributed by atoms with Crippen molar-refractivity contribution in [1.82, 2.24) is 30.6 Å². The molecule has 2 aromatic heterocycles. The molecule has 1 aliphatic heterocycles. The highest BCUT2D eigenvalue weighted by Crippen LogP contribution is 2.24. The van der Waals surface area contributed by atoms with Gasteiger partial charge in [-0.05, 0) is 24.5 Å². The number of hydrogen-bond donors (Lipinski definition) is 3. The third-order valence-corrected chi connectivity index (χ3v) is 4.73. The molecule has 3 heterocycles. The second kappa shape index (κ2) is 7.91. The topological polar surface area (TPSA) is 108 Å². The van der Waals surface area contributed by atoms with Crippen molar-refractivity contribution in [2.24, 2.45) is 0 Å². The Morgan fingerprint density at radius 2 is 2.15 bits per heavy atom. The van der Waals surface area contributed by atoms with E-state index in [1.165, 1.54) is 11.8 Å². The first-order valence-electron chi connectivity index (χ1n) is 8.48. The van der Waals surface area contributed by atoms with Crippen LogP contribution < -0.4 is 10.7 Å². The van der Waals surface area contributed by atoms with Crippen molar-refractivity contribution in [3.8, 4) is 0 Å². The number of nitrogens with one attached hydrogen (secondary N) is 3. The molecule has 0 atom stereocenters. The fraction of sp³-hybridized carbons (Fsp3) is 0.294. The highest BCUT2D eigenvalue weighted by Gasteiger charge is 2.19. The summed E-state index contributed by atoms with van der Waals surface area (Å²) in [5.74, 6) is 0.208. The number of thioether (sulfide) groups is 1. The van der Waals surface area contributed by atoms with Crippen LogP contribution in [0.5, 0.6) is 0 Å².